The molecule has 0 saturated heterocycles. The Bertz CT molecular complexity index is 311. The maximum atomic E-state index is 8.43. The highest BCUT2D eigenvalue weighted by atomic mass is 14.2. The van der Waals surface area contributed by atoms with Gasteiger partial charge in [0.1, 0.15) is 18.1 Å². The molecule has 0 radical (unpaired) electrons. The Morgan fingerprint density at radius 1 is 1.09 bits per heavy atom. The Morgan fingerprint density at radius 3 is 2.18 bits per heavy atom. The van der Waals surface area contributed by atoms with Crippen molar-refractivity contribution in [2.45, 2.75) is 0 Å². The third-order valence-electron chi connectivity index (χ3n) is 1.27. The molecule has 0 aromatic heterocycles. The van der Waals surface area contributed by atoms with Gasteiger partial charge in [0.25, 0.3) is 0 Å². The lowest BCUT2D eigenvalue weighted by molar-refractivity contribution is 1.43. The van der Waals surface area contributed by atoms with Gasteiger partial charge in [-0.3, -0.25) is 0 Å². The first-order valence-electron chi connectivity index (χ1n) is 3.10. The molecule has 0 heterocycles. The summed E-state index contributed by atoms with van der Waals surface area (Å²) in [5.41, 5.74) is 1.44. The van der Waals surface area contributed by atoms with Crippen molar-refractivity contribution < 1.29 is 0 Å². The van der Waals surface area contributed by atoms with Crippen LogP contribution in [0.3, 0.4) is 0 Å². The fourth-order valence-corrected chi connectivity index (χ4v) is 0.728. The van der Waals surface area contributed by atoms with Gasteiger partial charge in [-0.05, 0) is 0 Å². The highest BCUT2D eigenvalue weighted by Gasteiger charge is 2.00. The molecule has 1 aromatic carbocycles. The minimum absolute atomic E-state index is 0.611. The van der Waals surface area contributed by atoms with Crippen LogP contribution in [0.5, 0.6) is 0 Å². The molecule has 0 aliphatic rings. The standard InChI is InChI=1S/C9H5N2/c10-6-5-8-1-3-9(7-11)4-2-8/h1-5H/q+1. The average molecular weight is 141 g/mol. The van der Waals surface area contributed by atoms with Crippen molar-refractivity contribution in [1.29, 1.82) is 10.5 Å². The Kier molecular flexibility index (Phi) is 2.15. The summed E-state index contributed by atoms with van der Waals surface area (Å²) in [7, 11) is 0. The Balaban J connectivity index is 2.87. The van der Waals surface area contributed by atoms with Gasteiger partial charge in [0, 0.05) is 24.3 Å². The van der Waals surface area contributed by atoms with Crippen LogP contribution in [0.15, 0.2) is 24.3 Å². The maximum Gasteiger partial charge on any atom is 0.161 e. The van der Waals surface area contributed by atoms with Crippen LogP contribution in [0.2, 0.25) is 0 Å². The van der Waals surface area contributed by atoms with Gasteiger partial charge in [0.2, 0.25) is 0 Å². The molecule has 0 aliphatic heterocycles. The minimum atomic E-state index is 0.611. The van der Waals surface area contributed by atoms with Crippen molar-refractivity contribution in [3.63, 3.8) is 0 Å². The van der Waals surface area contributed by atoms with Crippen molar-refractivity contribution in [2.75, 3.05) is 0 Å². The molecular formula is C9H5N2+. The zero-order valence-corrected chi connectivity index (χ0v) is 5.78. The van der Waals surface area contributed by atoms with E-state index in [4.69, 9.17) is 10.5 Å². The topological polar surface area (TPSA) is 47.6 Å². The van der Waals surface area contributed by atoms with Crippen LogP contribution in [0, 0.1) is 29.1 Å². The molecule has 2 heteroatoms. The number of hydrogen-bond donors (Lipinski definition) is 0. The number of nitriles is 2. The molecule has 0 unspecified atom stereocenters. The lowest BCUT2D eigenvalue weighted by Crippen LogP contribution is -1.78. The van der Waals surface area contributed by atoms with E-state index in [-0.39, 0.29) is 0 Å². The minimum Gasteiger partial charge on any atom is -0.192 e. The molecule has 2 nitrogen and oxygen atoms in total. The zero-order chi connectivity index (χ0) is 8.10. The lowest BCUT2D eigenvalue weighted by atomic mass is 10.1. The molecule has 11 heavy (non-hydrogen) atoms. The Labute approximate surface area is 65.3 Å². The largest absolute Gasteiger partial charge is 0.192 e. The third kappa shape index (κ3) is 1.74. The molecular weight excluding hydrogens is 136 g/mol. The first-order chi connectivity index (χ1) is 5.36. The quantitative estimate of drug-likeness (QED) is 0.558. The predicted octanol–water partition coefficient (Wildman–Crippen LogP) is 1.63. The van der Waals surface area contributed by atoms with E-state index in [0.29, 0.717) is 5.56 Å². The van der Waals surface area contributed by atoms with E-state index in [1.165, 1.54) is 6.42 Å². The van der Waals surface area contributed by atoms with Crippen molar-refractivity contribution in [1.82, 2.24) is 0 Å². The second-order valence-electron chi connectivity index (χ2n) is 2.01. The summed E-state index contributed by atoms with van der Waals surface area (Å²) in [5, 5.41) is 16.7. The van der Waals surface area contributed by atoms with Crippen LogP contribution < -0.4 is 0 Å². The first kappa shape index (κ1) is 7.18. The monoisotopic (exact) mass is 141 g/mol. The second kappa shape index (κ2) is 3.29. The molecule has 50 valence electrons. The van der Waals surface area contributed by atoms with Gasteiger partial charge < -0.3 is 0 Å². The lowest BCUT2D eigenvalue weighted by Gasteiger charge is -1.82. The highest BCUT2D eigenvalue weighted by molar-refractivity contribution is 5.36. The van der Waals surface area contributed by atoms with Gasteiger partial charge in [0.15, 0.2) is 6.07 Å². The molecule has 0 spiro atoms. The van der Waals surface area contributed by atoms with Gasteiger partial charge in [-0.1, -0.05) is 0 Å². The van der Waals surface area contributed by atoms with E-state index >= 15 is 0 Å². The van der Waals surface area contributed by atoms with Gasteiger partial charge >= 0.3 is 0 Å². The van der Waals surface area contributed by atoms with Crippen LogP contribution in [0.1, 0.15) is 11.1 Å². The summed E-state index contributed by atoms with van der Waals surface area (Å²) in [6.07, 6.45) is 1.43. The van der Waals surface area contributed by atoms with E-state index in [1.807, 2.05) is 12.1 Å². The molecule has 0 amide bonds. The van der Waals surface area contributed by atoms with E-state index in [0.717, 1.165) is 5.56 Å². The van der Waals surface area contributed by atoms with Crippen molar-refractivity contribution in [3.05, 3.63) is 41.8 Å². The van der Waals surface area contributed by atoms with Crippen molar-refractivity contribution in [2.24, 2.45) is 0 Å². The van der Waals surface area contributed by atoms with E-state index in [9.17, 15) is 0 Å². The highest BCUT2D eigenvalue weighted by Crippen LogP contribution is 2.04. The first-order valence-corrected chi connectivity index (χ1v) is 3.10. The summed E-state index contributed by atoms with van der Waals surface area (Å²) in [6.45, 7) is 0. The zero-order valence-electron chi connectivity index (χ0n) is 5.78. The maximum absolute atomic E-state index is 8.43. The van der Waals surface area contributed by atoms with Crippen molar-refractivity contribution in [3.8, 4) is 12.1 Å². The Morgan fingerprint density at radius 2 is 1.73 bits per heavy atom. The molecule has 0 aliphatic carbocycles. The van der Waals surface area contributed by atoms with Crippen LogP contribution in [0.25, 0.3) is 0 Å². The summed E-state index contributed by atoms with van der Waals surface area (Å²) in [4.78, 5) is 0. The third-order valence-corrected chi connectivity index (χ3v) is 1.27. The summed E-state index contributed by atoms with van der Waals surface area (Å²) >= 11 is 0. The van der Waals surface area contributed by atoms with Gasteiger partial charge in [-0.2, -0.15) is 10.5 Å². The fraction of sp³-hybridized carbons (Fsp3) is 0. The van der Waals surface area contributed by atoms with Gasteiger partial charge in [-0.15, -0.1) is 0 Å². The molecule has 1 rings (SSSR count). The molecule has 0 fully saturated rings. The molecule has 0 bridgehead atoms. The molecule has 1 aromatic rings. The van der Waals surface area contributed by atoms with Crippen LogP contribution >= 0.6 is 0 Å². The number of nitrogens with zero attached hydrogens (tertiary/aromatic N) is 2. The molecule has 0 atom stereocenters. The van der Waals surface area contributed by atoms with E-state index in [2.05, 4.69) is 0 Å². The van der Waals surface area contributed by atoms with Crippen molar-refractivity contribution >= 4 is 0 Å². The summed E-state index contributed by atoms with van der Waals surface area (Å²) < 4.78 is 0. The smallest absolute Gasteiger partial charge is 0.161 e. The van der Waals surface area contributed by atoms with Gasteiger partial charge in [0.05, 0.1) is 5.56 Å². The number of rotatable bonds is 1. The average Bonchev–Trinajstić information content (AvgIpc) is 2.07. The molecule has 0 saturated carbocycles. The summed E-state index contributed by atoms with van der Waals surface area (Å²) in [6, 6.07) is 10.8. The number of hydrogen-bond acceptors (Lipinski definition) is 2. The fourth-order valence-electron chi connectivity index (χ4n) is 0.728. The van der Waals surface area contributed by atoms with Crippen LogP contribution in [-0.4, -0.2) is 0 Å². The van der Waals surface area contributed by atoms with Gasteiger partial charge in [-0.25, -0.2) is 0 Å². The molecule has 0 N–H and O–H groups in total. The SMILES string of the molecule is N#C[CH+]c1ccc(C#N)cc1. The van der Waals surface area contributed by atoms with E-state index < -0.39 is 0 Å². The Hall–Kier alpha value is -1.93. The summed E-state index contributed by atoms with van der Waals surface area (Å²) in [5.74, 6) is 0. The number of benzene rings is 1. The van der Waals surface area contributed by atoms with E-state index in [1.54, 1.807) is 24.3 Å². The second-order valence-corrected chi connectivity index (χ2v) is 2.01. The normalized spacial score (nSPS) is 7.82. The van der Waals surface area contributed by atoms with Crippen LogP contribution in [0.4, 0.5) is 0 Å². The predicted molar refractivity (Wildman–Crippen MR) is 40.2 cm³/mol. The van der Waals surface area contributed by atoms with Crippen LogP contribution in [-0.2, 0) is 0 Å².